The number of hydrogen-bond donors (Lipinski definition) is 2. The van der Waals surface area contributed by atoms with E-state index in [-0.39, 0.29) is 15.6 Å². The van der Waals surface area contributed by atoms with Crippen molar-refractivity contribution in [2.24, 2.45) is 0 Å². The summed E-state index contributed by atoms with van der Waals surface area (Å²) in [6, 6.07) is 1.55. The van der Waals surface area contributed by atoms with Gasteiger partial charge in [-0.2, -0.15) is 0 Å². The van der Waals surface area contributed by atoms with Crippen molar-refractivity contribution in [3.63, 3.8) is 0 Å². The van der Waals surface area contributed by atoms with Gasteiger partial charge >= 0.3 is 5.97 Å². The molecule has 1 aromatic heterocycles. The molecule has 0 amide bonds. The normalized spacial score (nSPS) is 16.1. The summed E-state index contributed by atoms with van der Waals surface area (Å²) in [4.78, 5) is 25.0. The SMILES string of the molecule is O=C(O)c1cc(C2CCC2)[nH]c(=O)c1Br. The molecule has 1 aromatic rings. The van der Waals surface area contributed by atoms with Crippen LogP contribution in [0.1, 0.15) is 41.2 Å². The highest BCUT2D eigenvalue weighted by atomic mass is 79.9. The predicted molar refractivity (Wildman–Crippen MR) is 58.3 cm³/mol. The van der Waals surface area contributed by atoms with Crippen molar-refractivity contribution in [3.05, 3.63) is 32.2 Å². The maximum absolute atomic E-state index is 11.4. The second-order valence-corrected chi connectivity index (χ2v) is 4.51. The van der Waals surface area contributed by atoms with Gasteiger partial charge in [0.25, 0.3) is 5.56 Å². The Hall–Kier alpha value is -1.10. The van der Waals surface area contributed by atoms with Gasteiger partial charge in [-0.1, -0.05) is 6.42 Å². The zero-order valence-corrected chi connectivity index (χ0v) is 9.50. The van der Waals surface area contributed by atoms with Crippen LogP contribution in [0.4, 0.5) is 0 Å². The van der Waals surface area contributed by atoms with Gasteiger partial charge in [-0.3, -0.25) is 4.79 Å². The topological polar surface area (TPSA) is 70.2 Å². The Kier molecular flexibility index (Phi) is 2.65. The standard InChI is InChI=1S/C10H10BrNO3/c11-8-6(10(14)15)4-7(12-9(8)13)5-2-1-3-5/h4-5H,1-3H2,(H,12,13)(H,14,15). The lowest BCUT2D eigenvalue weighted by Crippen LogP contribution is -2.20. The molecule has 1 heterocycles. The van der Waals surface area contributed by atoms with Gasteiger partial charge in [0.05, 0.1) is 10.0 Å². The smallest absolute Gasteiger partial charge is 0.337 e. The van der Waals surface area contributed by atoms with E-state index in [1.165, 1.54) is 0 Å². The molecule has 1 aliphatic rings. The van der Waals surface area contributed by atoms with E-state index in [0.717, 1.165) is 25.0 Å². The molecule has 1 fully saturated rings. The first-order valence-electron chi connectivity index (χ1n) is 4.75. The summed E-state index contributed by atoms with van der Waals surface area (Å²) in [6.45, 7) is 0. The molecule has 2 rings (SSSR count). The second-order valence-electron chi connectivity index (χ2n) is 3.71. The third-order valence-electron chi connectivity index (χ3n) is 2.77. The zero-order chi connectivity index (χ0) is 11.0. The quantitative estimate of drug-likeness (QED) is 0.866. The van der Waals surface area contributed by atoms with Crippen LogP contribution in [0.2, 0.25) is 0 Å². The molecule has 2 N–H and O–H groups in total. The van der Waals surface area contributed by atoms with E-state index >= 15 is 0 Å². The van der Waals surface area contributed by atoms with Crippen LogP contribution in [-0.4, -0.2) is 16.1 Å². The molecular formula is C10H10BrNO3. The fourth-order valence-electron chi connectivity index (χ4n) is 1.66. The summed E-state index contributed by atoms with van der Waals surface area (Å²) in [5.74, 6) is -0.752. The van der Waals surface area contributed by atoms with E-state index in [1.807, 2.05) is 0 Å². The maximum Gasteiger partial charge on any atom is 0.337 e. The molecule has 15 heavy (non-hydrogen) atoms. The number of carbonyl (C=O) groups is 1. The molecule has 0 atom stereocenters. The first-order valence-corrected chi connectivity index (χ1v) is 5.55. The average Bonchev–Trinajstić information content (AvgIpc) is 2.07. The van der Waals surface area contributed by atoms with Gasteiger partial charge < -0.3 is 10.1 Å². The lowest BCUT2D eigenvalue weighted by molar-refractivity contribution is 0.0695. The third kappa shape index (κ3) is 1.84. The van der Waals surface area contributed by atoms with Crippen molar-refractivity contribution in [1.82, 2.24) is 4.98 Å². The van der Waals surface area contributed by atoms with Gasteiger partial charge in [0.2, 0.25) is 0 Å². The lowest BCUT2D eigenvalue weighted by Gasteiger charge is -2.25. The maximum atomic E-state index is 11.4. The summed E-state index contributed by atoms with van der Waals surface area (Å²) < 4.78 is 0.0954. The average molecular weight is 272 g/mol. The zero-order valence-electron chi connectivity index (χ0n) is 7.92. The number of aromatic amines is 1. The molecule has 0 saturated heterocycles. The molecule has 0 spiro atoms. The summed E-state index contributed by atoms with van der Waals surface area (Å²) >= 11 is 2.98. The van der Waals surface area contributed by atoms with E-state index in [1.54, 1.807) is 6.07 Å². The Labute approximate surface area is 94.5 Å². The first kappa shape index (κ1) is 10.4. The van der Waals surface area contributed by atoms with E-state index < -0.39 is 5.97 Å². The van der Waals surface area contributed by atoms with Crippen LogP contribution in [0.15, 0.2) is 15.3 Å². The lowest BCUT2D eigenvalue weighted by atomic mass is 9.82. The highest BCUT2D eigenvalue weighted by Gasteiger charge is 2.23. The highest BCUT2D eigenvalue weighted by molar-refractivity contribution is 9.10. The van der Waals surface area contributed by atoms with Crippen LogP contribution in [0, 0.1) is 0 Å². The molecule has 1 saturated carbocycles. The van der Waals surface area contributed by atoms with Crippen molar-refractivity contribution in [2.45, 2.75) is 25.2 Å². The van der Waals surface area contributed by atoms with E-state index in [4.69, 9.17) is 5.11 Å². The molecule has 0 unspecified atom stereocenters. The van der Waals surface area contributed by atoms with Gasteiger partial charge in [0.1, 0.15) is 0 Å². The number of aromatic carboxylic acids is 1. The van der Waals surface area contributed by atoms with Crippen molar-refractivity contribution >= 4 is 21.9 Å². The minimum absolute atomic E-state index is 0.0423. The first-order chi connectivity index (χ1) is 7.09. The van der Waals surface area contributed by atoms with E-state index in [0.29, 0.717) is 5.92 Å². The largest absolute Gasteiger partial charge is 0.478 e. The number of carboxylic acid groups (broad SMARTS) is 1. The molecule has 5 heteroatoms. The second kappa shape index (κ2) is 3.81. The van der Waals surface area contributed by atoms with Gasteiger partial charge in [-0.25, -0.2) is 4.79 Å². The van der Waals surface area contributed by atoms with E-state index in [2.05, 4.69) is 20.9 Å². The Morgan fingerprint density at radius 3 is 2.67 bits per heavy atom. The molecular weight excluding hydrogens is 262 g/mol. The minimum atomic E-state index is -1.08. The third-order valence-corrected chi connectivity index (χ3v) is 3.56. The van der Waals surface area contributed by atoms with Crippen LogP contribution in [0.25, 0.3) is 0 Å². The molecule has 0 aliphatic heterocycles. The monoisotopic (exact) mass is 271 g/mol. The molecule has 0 radical (unpaired) electrons. The number of pyridine rings is 1. The van der Waals surface area contributed by atoms with Gasteiger partial charge in [0.15, 0.2) is 0 Å². The van der Waals surface area contributed by atoms with Crippen LogP contribution >= 0.6 is 15.9 Å². The van der Waals surface area contributed by atoms with Crippen molar-refractivity contribution in [3.8, 4) is 0 Å². The summed E-state index contributed by atoms with van der Waals surface area (Å²) in [6.07, 6.45) is 3.19. The fraction of sp³-hybridized carbons (Fsp3) is 0.400. The van der Waals surface area contributed by atoms with Gasteiger partial charge in [0, 0.05) is 5.69 Å². The minimum Gasteiger partial charge on any atom is -0.478 e. The molecule has 4 nitrogen and oxygen atoms in total. The number of rotatable bonds is 2. The van der Waals surface area contributed by atoms with Gasteiger partial charge in [-0.05, 0) is 40.8 Å². The Morgan fingerprint density at radius 2 is 2.20 bits per heavy atom. The number of carboxylic acids is 1. The molecule has 80 valence electrons. The van der Waals surface area contributed by atoms with Crippen LogP contribution < -0.4 is 5.56 Å². The van der Waals surface area contributed by atoms with Crippen molar-refractivity contribution in [2.75, 3.05) is 0 Å². The highest BCUT2D eigenvalue weighted by Crippen LogP contribution is 2.35. The Bertz CT molecular complexity index is 462. The number of halogens is 1. The van der Waals surface area contributed by atoms with Crippen molar-refractivity contribution in [1.29, 1.82) is 0 Å². The molecule has 0 bridgehead atoms. The number of H-pyrrole nitrogens is 1. The van der Waals surface area contributed by atoms with Crippen molar-refractivity contribution < 1.29 is 9.90 Å². The summed E-state index contributed by atoms with van der Waals surface area (Å²) in [7, 11) is 0. The Balaban J connectivity index is 2.50. The van der Waals surface area contributed by atoms with Gasteiger partial charge in [-0.15, -0.1) is 0 Å². The number of aromatic nitrogens is 1. The predicted octanol–water partition coefficient (Wildman–Crippen LogP) is 2.10. The number of nitrogens with one attached hydrogen (secondary N) is 1. The van der Waals surface area contributed by atoms with Crippen LogP contribution in [-0.2, 0) is 0 Å². The Morgan fingerprint density at radius 1 is 1.53 bits per heavy atom. The summed E-state index contributed by atoms with van der Waals surface area (Å²) in [5.41, 5.74) is 0.421. The summed E-state index contributed by atoms with van der Waals surface area (Å²) in [5, 5.41) is 8.90. The van der Waals surface area contributed by atoms with Crippen LogP contribution in [0.5, 0.6) is 0 Å². The fourth-order valence-corrected chi connectivity index (χ4v) is 2.04. The number of hydrogen-bond acceptors (Lipinski definition) is 2. The van der Waals surface area contributed by atoms with E-state index in [9.17, 15) is 9.59 Å². The molecule has 0 aromatic carbocycles. The molecule has 1 aliphatic carbocycles. The van der Waals surface area contributed by atoms with Crippen LogP contribution in [0.3, 0.4) is 0 Å².